The Morgan fingerprint density at radius 1 is 1.22 bits per heavy atom. The quantitative estimate of drug-likeness (QED) is 0.922. The van der Waals surface area contributed by atoms with Crippen LogP contribution in [0.25, 0.3) is 0 Å². The number of hydrogen-bond donors (Lipinski definition) is 1. The second-order valence-corrected chi connectivity index (χ2v) is 5.88. The van der Waals surface area contributed by atoms with Crippen molar-refractivity contribution >= 4 is 23.2 Å². The van der Waals surface area contributed by atoms with Crippen molar-refractivity contribution in [2.45, 2.75) is 20.8 Å². The maximum Gasteiger partial charge on any atom is 0.326 e. The van der Waals surface area contributed by atoms with Gasteiger partial charge in [0.2, 0.25) is 0 Å². The summed E-state index contributed by atoms with van der Waals surface area (Å²) in [5.41, 5.74) is 3.97. The number of carbonyl (C=O) groups excluding carboxylic acids is 1. The number of aromatic nitrogens is 1. The molecule has 3 rings (SSSR count). The predicted octanol–water partition coefficient (Wildman–Crippen LogP) is 3.58. The summed E-state index contributed by atoms with van der Waals surface area (Å²) in [6.07, 6.45) is 1.77. The van der Waals surface area contributed by atoms with Crippen LogP contribution < -0.4 is 15.1 Å². The van der Waals surface area contributed by atoms with E-state index in [0.717, 1.165) is 41.4 Å². The van der Waals surface area contributed by atoms with Crippen LogP contribution in [-0.2, 0) is 0 Å². The number of fused-ring (bicyclic) bond motifs is 1. The van der Waals surface area contributed by atoms with Crippen LogP contribution in [0.4, 0.5) is 22.0 Å². The van der Waals surface area contributed by atoms with Crippen molar-refractivity contribution in [1.82, 2.24) is 4.98 Å². The molecule has 0 unspecified atom stereocenters. The third kappa shape index (κ3) is 3.13. The molecule has 0 radical (unpaired) electrons. The Labute approximate surface area is 136 Å². The molecule has 1 N–H and O–H groups in total. The van der Waals surface area contributed by atoms with E-state index in [0.29, 0.717) is 6.54 Å². The van der Waals surface area contributed by atoms with Gasteiger partial charge >= 0.3 is 6.03 Å². The molecule has 0 saturated heterocycles. The Morgan fingerprint density at radius 3 is 2.65 bits per heavy atom. The Bertz CT molecular complexity index is 708. The zero-order valence-corrected chi connectivity index (χ0v) is 13.8. The minimum Gasteiger partial charge on any atom is -0.353 e. The number of urea groups is 1. The number of nitrogens with zero attached hydrogens (tertiary/aromatic N) is 3. The summed E-state index contributed by atoms with van der Waals surface area (Å²) in [4.78, 5) is 21.1. The molecular formula is C18H22N4O. The number of carbonyl (C=O) groups is 1. The van der Waals surface area contributed by atoms with Crippen LogP contribution in [0.5, 0.6) is 0 Å². The van der Waals surface area contributed by atoms with E-state index in [1.165, 1.54) is 0 Å². The Hall–Kier alpha value is -2.56. The molecule has 23 heavy (non-hydrogen) atoms. The standard InChI is InChI=1S/C18H22N4O/c1-4-21-8-9-22(16-6-5-7-19-17(16)21)18(23)20-15-11-13(2)10-14(3)12-15/h5-7,10-12H,4,8-9H2,1-3H3,(H,20,23). The number of aryl methyl sites for hydroxylation is 2. The van der Waals surface area contributed by atoms with E-state index >= 15 is 0 Å². The van der Waals surface area contributed by atoms with Gasteiger partial charge in [-0.1, -0.05) is 6.07 Å². The van der Waals surface area contributed by atoms with Gasteiger partial charge in [-0.25, -0.2) is 9.78 Å². The molecule has 2 aromatic rings. The molecule has 0 aliphatic carbocycles. The number of benzene rings is 1. The number of hydrogen-bond acceptors (Lipinski definition) is 3. The molecule has 5 nitrogen and oxygen atoms in total. The van der Waals surface area contributed by atoms with Crippen molar-refractivity contribution in [2.24, 2.45) is 0 Å². The van der Waals surface area contributed by atoms with E-state index < -0.39 is 0 Å². The molecule has 2 amide bonds. The van der Waals surface area contributed by atoms with Gasteiger partial charge < -0.3 is 10.2 Å². The molecular weight excluding hydrogens is 288 g/mol. The van der Waals surface area contributed by atoms with E-state index in [-0.39, 0.29) is 6.03 Å². The van der Waals surface area contributed by atoms with Gasteiger partial charge in [0.25, 0.3) is 0 Å². The molecule has 2 heterocycles. The monoisotopic (exact) mass is 310 g/mol. The van der Waals surface area contributed by atoms with Crippen molar-refractivity contribution < 1.29 is 4.79 Å². The van der Waals surface area contributed by atoms with E-state index in [1.807, 2.05) is 38.1 Å². The van der Waals surface area contributed by atoms with Gasteiger partial charge in [-0.15, -0.1) is 0 Å². The molecule has 120 valence electrons. The largest absolute Gasteiger partial charge is 0.353 e. The lowest BCUT2D eigenvalue weighted by Gasteiger charge is -2.36. The fraction of sp³-hybridized carbons (Fsp3) is 0.333. The summed E-state index contributed by atoms with van der Waals surface area (Å²) in [6, 6.07) is 9.77. The molecule has 1 aromatic heterocycles. The first-order chi connectivity index (χ1) is 11.1. The van der Waals surface area contributed by atoms with Crippen LogP contribution in [0.3, 0.4) is 0 Å². The van der Waals surface area contributed by atoms with Crippen LogP contribution in [0, 0.1) is 13.8 Å². The van der Waals surface area contributed by atoms with Gasteiger partial charge in [0.1, 0.15) is 0 Å². The first kappa shape index (κ1) is 15.3. The Kier molecular flexibility index (Phi) is 4.19. The number of anilines is 3. The average Bonchev–Trinajstić information content (AvgIpc) is 2.52. The first-order valence-corrected chi connectivity index (χ1v) is 7.95. The van der Waals surface area contributed by atoms with Crippen LogP contribution >= 0.6 is 0 Å². The maximum atomic E-state index is 12.7. The van der Waals surface area contributed by atoms with Crippen LogP contribution in [-0.4, -0.2) is 30.6 Å². The molecule has 0 bridgehead atoms. The van der Waals surface area contributed by atoms with Gasteiger partial charge in [0.15, 0.2) is 5.82 Å². The zero-order chi connectivity index (χ0) is 16.4. The summed E-state index contributed by atoms with van der Waals surface area (Å²) in [6.45, 7) is 8.49. The third-order valence-electron chi connectivity index (χ3n) is 4.05. The average molecular weight is 310 g/mol. The van der Waals surface area contributed by atoms with Crippen LogP contribution in [0.1, 0.15) is 18.1 Å². The molecule has 1 aliphatic heterocycles. The molecule has 5 heteroatoms. The summed E-state index contributed by atoms with van der Waals surface area (Å²) in [7, 11) is 0. The van der Waals surface area contributed by atoms with E-state index in [9.17, 15) is 4.79 Å². The van der Waals surface area contributed by atoms with Gasteiger partial charge in [-0.2, -0.15) is 0 Å². The zero-order valence-electron chi connectivity index (χ0n) is 13.8. The number of rotatable bonds is 2. The first-order valence-electron chi connectivity index (χ1n) is 7.95. The highest BCUT2D eigenvalue weighted by Gasteiger charge is 2.26. The fourth-order valence-corrected chi connectivity index (χ4v) is 3.05. The molecule has 0 atom stereocenters. The van der Waals surface area contributed by atoms with Crippen LogP contribution in [0.2, 0.25) is 0 Å². The summed E-state index contributed by atoms with van der Waals surface area (Å²) in [5.74, 6) is 0.872. The molecule has 0 spiro atoms. The summed E-state index contributed by atoms with van der Waals surface area (Å²) < 4.78 is 0. The lowest BCUT2D eigenvalue weighted by molar-refractivity contribution is 0.256. The van der Waals surface area contributed by atoms with Crippen molar-refractivity contribution in [2.75, 3.05) is 34.8 Å². The van der Waals surface area contributed by atoms with Gasteiger partial charge in [-0.05, 0) is 56.2 Å². The maximum absolute atomic E-state index is 12.7. The van der Waals surface area contributed by atoms with Crippen molar-refractivity contribution in [3.63, 3.8) is 0 Å². The molecule has 0 saturated carbocycles. The second-order valence-electron chi connectivity index (χ2n) is 5.88. The lowest BCUT2D eigenvalue weighted by atomic mass is 10.1. The molecule has 1 aromatic carbocycles. The van der Waals surface area contributed by atoms with Gasteiger partial charge in [0, 0.05) is 31.5 Å². The van der Waals surface area contributed by atoms with E-state index in [1.54, 1.807) is 11.1 Å². The Morgan fingerprint density at radius 2 is 1.96 bits per heavy atom. The summed E-state index contributed by atoms with van der Waals surface area (Å²) >= 11 is 0. The minimum atomic E-state index is -0.111. The Balaban J connectivity index is 1.85. The highest BCUT2D eigenvalue weighted by molar-refractivity contribution is 6.04. The number of amides is 2. The number of nitrogens with one attached hydrogen (secondary N) is 1. The lowest BCUT2D eigenvalue weighted by Crippen LogP contribution is -2.46. The van der Waals surface area contributed by atoms with Crippen molar-refractivity contribution in [1.29, 1.82) is 0 Å². The summed E-state index contributed by atoms with van der Waals surface area (Å²) in [5, 5.41) is 3.01. The molecule has 1 aliphatic rings. The highest BCUT2D eigenvalue weighted by atomic mass is 16.2. The SMILES string of the molecule is CCN1CCN(C(=O)Nc2cc(C)cc(C)c2)c2cccnc21. The van der Waals surface area contributed by atoms with Crippen LogP contribution in [0.15, 0.2) is 36.5 Å². The van der Waals surface area contributed by atoms with E-state index in [2.05, 4.69) is 28.2 Å². The number of pyridine rings is 1. The smallest absolute Gasteiger partial charge is 0.326 e. The highest BCUT2D eigenvalue weighted by Crippen LogP contribution is 2.30. The predicted molar refractivity (Wildman–Crippen MR) is 94.4 cm³/mol. The third-order valence-corrected chi connectivity index (χ3v) is 4.05. The van der Waals surface area contributed by atoms with Gasteiger partial charge in [-0.3, -0.25) is 4.90 Å². The van der Waals surface area contributed by atoms with Gasteiger partial charge in [0.05, 0.1) is 5.69 Å². The van der Waals surface area contributed by atoms with E-state index in [4.69, 9.17) is 0 Å². The normalized spacial score (nSPS) is 13.7. The topological polar surface area (TPSA) is 48.5 Å². The van der Waals surface area contributed by atoms with Crippen molar-refractivity contribution in [3.8, 4) is 0 Å². The second kappa shape index (κ2) is 6.28. The number of likely N-dealkylation sites (N-methyl/N-ethyl adjacent to an activating group) is 1. The molecule has 0 fully saturated rings. The fourth-order valence-electron chi connectivity index (χ4n) is 3.05. The van der Waals surface area contributed by atoms with Crippen molar-refractivity contribution in [3.05, 3.63) is 47.7 Å². The minimum absolute atomic E-state index is 0.111.